The molecule has 2 rings (SSSR count). The van der Waals surface area contributed by atoms with Gasteiger partial charge in [0, 0.05) is 0 Å². The van der Waals surface area contributed by atoms with Gasteiger partial charge in [-0.1, -0.05) is 12.0 Å². The smallest absolute Gasteiger partial charge is 0.149 e. The molecule has 0 saturated heterocycles. The average Bonchev–Trinajstić information content (AvgIpc) is 2.61. The Labute approximate surface area is 89.9 Å². The zero-order valence-corrected chi connectivity index (χ0v) is 8.79. The quantitative estimate of drug-likeness (QED) is 0.744. The minimum atomic E-state index is -0.288. The van der Waals surface area contributed by atoms with Crippen LogP contribution in [0.25, 0.3) is 0 Å². The summed E-state index contributed by atoms with van der Waals surface area (Å²) in [6.07, 6.45) is 1.48. The molecule has 0 fully saturated rings. The van der Waals surface area contributed by atoms with Gasteiger partial charge in [0.2, 0.25) is 0 Å². The van der Waals surface area contributed by atoms with Crippen molar-refractivity contribution in [1.82, 2.24) is 0 Å². The highest BCUT2D eigenvalue weighted by molar-refractivity contribution is 5.39. The predicted molar refractivity (Wildman–Crippen MR) is 58.7 cm³/mol. The molecule has 0 heterocycles. The molecule has 1 N–H and O–H groups in total. The van der Waals surface area contributed by atoms with Gasteiger partial charge in [0.15, 0.2) is 0 Å². The monoisotopic (exact) mass is 202 g/mol. The number of benzene rings is 1. The Balaban J connectivity index is 2.11. The van der Waals surface area contributed by atoms with Crippen molar-refractivity contribution in [1.29, 1.82) is 0 Å². The molecule has 0 aromatic heterocycles. The van der Waals surface area contributed by atoms with Gasteiger partial charge in [0.1, 0.15) is 12.4 Å². The fourth-order valence-corrected chi connectivity index (χ4v) is 1.85. The summed E-state index contributed by atoms with van der Waals surface area (Å²) >= 11 is 0. The van der Waals surface area contributed by atoms with Crippen molar-refractivity contribution in [3.63, 3.8) is 0 Å². The third-order valence-corrected chi connectivity index (χ3v) is 2.65. The van der Waals surface area contributed by atoms with E-state index in [9.17, 15) is 5.11 Å². The molecule has 1 aliphatic carbocycles. The molecular weight excluding hydrogens is 188 g/mol. The first-order valence-corrected chi connectivity index (χ1v) is 5.14. The van der Waals surface area contributed by atoms with Crippen molar-refractivity contribution >= 4 is 0 Å². The Morgan fingerprint density at radius 2 is 2.40 bits per heavy atom. The molecule has 15 heavy (non-hydrogen) atoms. The van der Waals surface area contributed by atoms with Crippen LogP contribution in [0.3, 0.4) is 0 Å². The zero-order chi connectivity index (χ0) is 10.7. The van der Waals surface area contributed by atoms with E-state index in [2.05, 4.69) is 11.8 Å². The number of aryl methyl sites for hydroxylation is 1. The van der Waals surface area contributed by atoms with Gasteiger partial charge in [0.05, 0.1) is 6.10 Å². The van der Waals surface area contributed by atoms with Crippen LogP contribution in [-0.2, 0) is 6.42 Å². The number of aliphatic hydroxyl groups excluding tert-OH is 1. The van der Waals surface area contributed by atoms with E-state index in [1.165, 1.54) is 5.56 Å². The summed E-state index contributed by atoms with van der Waals surface area (Å²) in [5.41, 5.74) is 2.24. The molecule has 1 aliphatic rings. The predicted octanol–water partition coefficient (Wildman–Crippen LogP) is 2.07. The van der Waals surface area contributed by atoms with Crippen molar-refractivity contribution in [2.24, 2.45) is 0 Å². The second-order valence-corrected chi connectivity index (χ2v) is 3.63. The van der Waals surface area contributed by atoms with E-state index in [0.717, 1.165) is 24.2 Å². The van der Waals surface area contributed by atoms with Gasteiger partial charge in [-0.15, -0.1) is 5.92 Å². The second-order valence-electron chi connectivity index (χ2n) is 3.63. The van der Waals surface area contributed by atoms with Gasteiger partial charge < -0.3 is 9.84 Å². The van der Waals surface area contributed by atoms with Crippen LogP contribution in [0.2, 0.25) is 0 Å². The Morgan fingerprint density at radius 1 is 1.53 bits per heavy atom. The number of hydrogen-bond acceptors (Lipinski definition) is 2. The number of fused-ring (bicyclic) bond motifs is 1. The van der Waals surface area contributed by atoms with Gasteiger partial charge in [-0.3, -0.25) is 0 Å². The Morgan fingerprint density at radius 3 is 3.20 bits per heavy atom. The lowest BCUT2D eigenvalue weighted by Gasteiger charge is -2.06. The number of aliphatic hydroxyl groups is 1. The van der Waals surface area contributed by atoms with Crippen LogP contribution >= 0.6 is 0 Å². The maximum absolute atomic E-state index is 9.62. The van der Waals surface area contributed by atoms with Crippen molar-refractivity contribution in [2.45, 2.75) is 25.9 Å². The SMILES string of the molecule is CC#CCOc1ccc2c(c1)CC[C@@H]2O. The molecule has 1 aromatic carbocycles. The summed E-state index contributed by atoms with van der Waals surface area (Å²) in [7, 11) is 0. The van der Waals surface area contributed by atoms with E-state index in [1.54, 1.807) is 6.92 Å². The molecule has 0 amide bonds. The lowest BCUT2D eigenvalue weighted by molar-refractivity contribution is 0.180. The number of rotatable bonds is 2. The molecule has 0 radical (unpaired) electrons. The average molecular weight is 202 g/mol. The maximum atomic E-state index is 9.62. The van der Waals surface area contributed by atoms with E-state index in [1.807, 2.05) is 18.2 Å². The third kappa shape index (κ3) is 2.14. The van der Waals surface area contributed by atoms with Gasteiger partial charge in [0.25, 0.3) is 0 Å². The van der Waals surface area contributed by atoms with Crippen LogP contribution in [-0.4, -0.2) is 11.7 Å². The highest BCUT2D eigenvalue weighted by Crippen LogP contribution is 2.33. The van der Waals surface area contributed by atoms with Gasteiger partial charge in [-0.25, -0.2) is 0 Å². The van der Waals surface area contributed by atoms with Gasteiger partial charge >= 0.3 is 0 Å². The van der Waals surface area contributed by atoms with Crippen LogP contribution < -0.4 is 4.74 Å². The molecule has 1 atom stereocenters. The molecule has 2 nitrogen and oxygen atoms in total. The summed E-state index contributed by atoms with van der Waals surface area (Å²) in [6.45, 7) is 2.22. The first-order valence-electron chi connectivity index (χ1n) is 5.14. The fourth-order valence-electron chi connectivity index (χ4n) is 1.85. The Kier molecular flexibility index (Phi) is 2.94. The van der Waals surface area contributed by atoms with Crippen LogP contribution in [0, 0.1) is 11.8 Å². The maximum Gasteiger partial charge on any atom is 0.149 e. The van der Waals surface area contributed by atoms with Gasteiger partial charge in [-0.2, -0.15) is 0 Å². The molecule has 2 heteroatoms. The van der Waals surface area contributed by atoms with E-state index >= 15 is 0 Å². The lowest BCUT2D eigenvalue weighted by atomic mass is 10.1. The fraction of sp³-hybridized carbons (Fsp3) is 0.385. The van der Waals surface area contributed by atoms with Crippen molar-refractivity contribution in [3.05, 3.63) is 29.3 Å². The van der Waals surface area contributed by atoms with E-state index in [-0.39, 0.29) is 6.10 Å². The third-order valence-electron chi connectivity index (χ3n) is 2.65. The normalized spacial score (nSPS) is 17.9. The number of hydrogen-bond donors (Lipinski definition) is 1. The molecule has 78 valence electrons. The van der Waals surface area contributed by atoms with Crippen molar-refractivity contribution in [2.75, 3.05) is 6.61 Å². The minimum Gasteiger partial charge on any atom is -0.481 e. The Hall–Kier alpha value is -1.46. The summed E-state index contributed by atoms with van der Waals surface area (Å²) in [5, 5.41) is 9.62. The molecule has 0 spiro atoms. The van der Waals surface area contributed by atoms with E-state index in [0.29, 0.717) is 6.61 Å². The number of ether oxygens (including phenoxy) is 1. The second kappa shape index (κ2) is 4.37. The largest absolute Gasteiger partial charge is 0.481 e. The van der Waals surface area contributed by atoms with E-state index < -0.39 is 0 Å². The van der Waals surface area contributed by atoms with E-state index in [4.69, 9.17) is 4.74 Å². The van der Waals surface area contributed by atoms with Crippen LogP contribution in [0.4, 0.5) is 0 Å². The van der Waals surface area contributed by atoms with Crippen molar-refractivity contribution in [3.8, 4) is 17.6 Å². The van der Waals surface area contributed by atoms with Gasteiger partial charge in [-0.05, 0) is 43.0 Å². The van der Waals surface area contributed by atoms with Crippen LogP contribution in [0.15, 0.2) is 18.2 Å². The molecule has 0 bridgehead atoms. The Bertz CT molecular complexity index is 412. The van der Waals surface area contributed by atoms with Crippen molar-refractivity contribution < 1.29 is 9.84 Å². The molecular formula is C13H14O2. The summed E-state index contributed by atoms with van der Waals surface area (Å²) < 4.78 is 5.45. The lowest BCUT2D eigenvalue weighted by Crippen LogP contribution is -1.95. The highest BCUT2D eigenvalue weighted by atomic mass is 16.5. The topological polar surface area (TPSA) is 29.5 Å². The molecule has 0 unspecified atom stereocenters. The van der Waals surface area contributed by atoms with Crippen LogP contribution in [0.5, 0.6) is 5.75 Å². The molecule has 1 aromatic rings. The van der Waals surface area contributed by atoms with Crippen LogP contribution in [0.1, 0.15) is 30.6 Å². The summed E-state index contributed by atoms with van der Waals surface area (Å²) in [6, 6.07) is 5.84. The molecule has 0 aliphatic heterocycles. The first-order chi connectivity index (χ1) is 7.31. The highest BCUT2D eigenvalue weighted by Gasteiger charge is 2.20. The summed E-state index contributed by atoms with van der Waals surface area (Å²) in [5.74, 6) is 6.47. The standard InChI is InChI=1S/C13H14O2/c1-2-3-8-15-11-5-6-12-10(9-11)4-7-13(12)14/h5-6,9,13-14H,4,7-8H2,1H3/t13-/m0/s1. The zero-order valence-electron chi connectivity index (χ0n) is 8.79. The first kappa shape index (κ1) is 10.1. The summed E-state index contributed by atoms with van der Waals surface area (Å²) in [4.78, 5) is 0. The minimum absolute atomic E-state index is 0.288. The molecule has 0 saturated carbocycles.